The van der Waals surface area contributed by atoms with Crippen molar-refractivity contribution in [2.24, 2.45) is 0 Å². The van der Waals surface area contributed by atoms with Crippen LogP contribution >= 0.6 is 0 Å². The minimum absolute atomic E-state index is 0.0169. The Labute approximate surface area is 98.2 Å². The average molecular weight is 238 g/mol. The summed E-state index contributed by atoms with van der Waals surface area (Å²) in [6.45, 7) is 4.41. The minimum atomic E-state index is -1.19. The molecule has 1 aromatic rings. The first-order chi connectivity index (χ1) is 7.93. The summed E-state index contributed by atoms with van der Waals surface area (Å²) in [6, 6.07) is -0.0169. The van der Waals surface area contributed by atoms with Crippen molar-refractivity contribution >= 4 is 12.3 Å². The molecule has 92 valence electrons. The Balaban J connectivity index is 2.29. The monoisotopic (exact) mass is 238 g/mol. The lowest BCUT2D eigenvalue weighted by atomic mass is 10.0. The number of aromatic carboxylic acids is 1. The number of aldehydes is 1. The third-order valence-electron chi connectivity index (χ3n) is 2.86. The second-order valence-electron chi connectivity index (χ2n) is 4.76. The fraction of sp³-hybridized carbons (Fsp3) is 0.545. The first-order valence-corrected chi connectivity index (χ1v) is 5.34. The Bertz CT molecular complexity index is 464. The van der Waals surface area contributed by atoms with Gasteiger partial charge in [0.1, 0.15) is 0 Å². The number of ether oxygens (including phenoxy) is 1. The molecule has 2 rings (SSSR count). The number of carbonyl (C=O) groups excluding carboxylic acids is 1. The Kier molecular flexibility index (Phi) is 2.74. The van der Waals surface area contributed by atoms with E-state index in [1.165, 1.54) is 10.9 Å². The third-order valence-corrected chi connectivity index (χ3v) is 2.86. The third kappa shape index (κ3) is 2.21. The van der Waals surface area contributed by atoms with Crippen LogP contribution in [0.15, 0.2) is 6.20 Å². The summed E-state index contributed by atoms with van der Waals surface area (Å²) in [5, 5.41) is 12.8. The van der Waals surface area contributed by atoms with Gasteiger partial charge in [-0.1, -0.05) is 0 Å². The van der Waals surface area contributed by atoms with E-state index in [0.29, 0.717) is 12.9 Å². The maximum Gasteiger partial charge on any atom is 0.357 e. The van der Waals surface area contributed by atoms with E-state index in [1.54, 1.807) is 0 Å². The molecular weight excluding hydrogens is 224 g/mol. The fourth-order valence-electron chi connectivity index (χ4n) is 2.02. The molecule has 0 aliphatic carbocycles. The molecule has 1 aromatic heterocycles. The summed E-state index contributed by atoms with van der Waals surface area (Å²) in [6.07, 6.45) is 2.71. The smallest absolute Gasteiger partial charge is 0.357 e. The lowest BCUT2D eigenvalue weighted by molar-refractivity contribution is 0.0350. The van der Waals surface area contributed by atoms with Gasteiger partial charge < -0.3 is 9.84 Å². The van der Waals surface area contributed by atoms with Gasteiger partial charge in [-0.25, -0.2) is 4.79 Å². The van der Waals surface area contributed by atoms with E-state index in [2.05, 4.69) is 5.10 Å². The molecule has 1 atom stereocenters. The number of carboxylic acid groups (broad SMARTS) is 1. The molecule has 0 saturated carbocycles. The summed E-state index contributed by atoms with van der Waals surface area (Å²) < 4.78 is 7.07. The van der Waals surface area contributed by atoms with Crippen molar-refractivity contribution in [3.63, 3.8) is 0 Å². The van der Waals surface area contributed by atoms with Gasteiger partial charge in [-0.05, 0) is 13.8 Å². The van der Waals surface area contributed by atoms with Crippen molar-refractivity contribution in [1.82, 2.24) is 9.78 Å². The highest BCUT2D eigenvalue weighted by atomic mass is 16.5. The zero-order chi connectivity index (χ0) is 12.6. The highest BCUT2D eigenvalue weighted by Crippen LogP contribution is 2.32. The summed E-state index contributed by atoms with van der Waals surface area (Å²) >= 11 is 0. The standard InChI is InChI=1S/C11H14N2O4/c1-11(2)3-8(6-17-11)13-4-7(5-14)9(12-13)10(15)16/h4-5,8H,3,6H2,1-2H3,(H,15,16). The molecular formula is C11H14N2O4. The number of hydrogen-bond acceptors (Lipinski definition) is 4. The topological polar surface area (TPSA) is 81.4 Å². The average Bonchev–Trinajstić information content (AvgIpc) is 2.80. The van der Waals surface area contributed by atoms with E-state index in [-0.39, 0.29) is 22.9 Å². The molecule has 6 nitrogen and oxygen atoms in total. The predicted octanol–water partition coefficient (Wildman–Crippen LogP) is 1.13. The molecule has 0 radical (unpaired) electrons. The van der Waals surface area contributed by atoms with E-state index in [1.807, 2.05) is 13.8 Å². The maximum absolute atomic E-state index is 10.9. The minimum Gasteiger partial charge on any atom is -0.476 e. The van der Waals surface area contributed by atoms with Crippen LogP contribution in [-0.2, 0) is 4.74 Å². The summed E-state index contributed by atoms with van der Waals surface area (Å²) in [5.41, 5.74) is -0.339. The van der Waals surface area contributed by atoms with Crippen molar-refractivity contribution in [2.45, 2.75) is 31.9 Å². The molecule has 6 heteroatoms. The number of carbonyl (C=O) groups is 2. The van der Waals surface area contributed by atoms with E-state index in [9.17, 15) is 9.59 Å². The maximum atomic E-state index is 10.9. The molecule has 1 saturated heterocycles. The van der Waals surface area contributed by atoms with Crippen LogP contribution in [0.2, 0.25) is 0 Å². The number of hydrogen-bond donors (Lipinski definition) is 1. The van der Waals surface area contributed by atoms with Crippen molar-refractivity contribution in [3.8, 4) is 0 Å². The van der Waals surface area contributed by atoms with Crippen molar-refractivity contribution in [1.29, 1.82) is 0 Å². The summed E-state index contributed by atoms with van der Waals surface area (Å²) in [4.78, 5) is 21.6. The summed E-state index contributed by atoms with van der Waals surface area (Å²) in [5.74, 6) is -1.19. The van der Waals surface area contributed by atoms with Crippen LogP contribution in [0.4, 0.5) is 0 Å². The normalized spacial score (nSPS) is 22.6. The highest BCUT2D eigenvalue weighted by Gasteiger charge is 2.34. The molecule has 2 heterocycles. The lowest BCUT2D eigenvalue weighted by Crippen LogP contribution is -2.17. The molecule has 1 fully saturated rings. The number of nitrogens with zero attached hydrogens (tertiary/aromatic N) is 2. The second-order valence-corrected chi connectivity index (χ2v) is 4.76. The van der Waals surface area contributed by atoms with E-state index < -0.39 is 5.97 Å². The van der Waals surface area contributed by atoms with Gasteiger partial charge in [0.15, 0.2) is 12.0 Å². The molecule has 0 aromatic carbocycles. The second kappa shape index (κ2) is 3.96. The van der Waals surface area contributed by atoms with E-state index >= 15 is 0 Å². The molecule has 1 aliphatic heterocycles. The molecule has 1 aliphatic rings. The largest absolute Gasteiger partial charge is 0.476 e. The van der Waals surface area contributed by atoms with Crippen LogP contribution in [0.3, 0.4) is 0 Å². The van der Waals surface area contributed by atoms with Crippen LogP contribution in [0.1, 0.15) is 47.2 Å². The van der Waals surface area contributed by atoms with E-state index in [0.717, 1.165) is 6.42 Å². The van der Waals surface area contributed by atoms with Gasteiger partial charge >= 0.3 is 5.97 Å². The zero-order valence-electron chi connectivity index (χ0n) is 9.71. The van der Waals surface area contributed by atoms with Gasteiger partial charge in [0.25, 0.3) is 0 Å². The predicted molar refractivity (Wildman–Crippen MR) is 58.3 cm³/mol. The Morgan fingerprint density at radius 1 is 1.71 bits per heavy atom. The summed E-state index contributed by atoms with van der Waals surface area (Å²) in [7, 11) is 0. The van der Waals surface area contributed by atoms with Gasteiger partial charge in [0.2, 0.25) is 0 Å². The first-order valence-electron chi connectivity index (χ1n) is 5.34. The van der Waals surface area contributed by atoms with Crippen LogP contribution in [0.5, 0.6) is 0 Å². The van der Waals surface area contributed by atoms with Gasteiger partial charge in [-0.15, -0.1) is 0 Å². The molecule has 0 amide bonds. The Morgan fingerprint density at radius 3 is 2.82 bits per heavy atom. The fourth-order valence-corrected chi connectivity index (χ4v) is 2.02. The molecule has 0 bridgehead atoms. The Hall–Kier alpha value is -1.69. The SMILES string of the molecule is CC1(C)CC(n2cc(C=O)c(C(=O)O)n2)CO1. The number of carboxylic acids is 1. The van der Waals surface area contributed by atoms with E-state index in [4.69, 9.17) is 9.84 Å². The van der Waals surface area contributed by atoms with Gasteiger partial charge in [0.05, 0.1) is 23.8 Å². The molecule has 1 N–H and O–H groups in total. The highest BCUT2D eigenvalue weighted by molar-refractivity contribution is 5.95. The first kappa shape index (κ1) is 11.8. The van der Waals surface area contributed by atoms with Crippen LogP contribution in [0, 0.1) is 0 Å². The number of aromatic nitrogens is 2. The van der Waals surface area contributed by atoms with Crippen molar-refractivity contribution in [2.75, 3.05) is 6.61 Å². The van der Waals surface area contributed by atoms with Crippen LogP contribution in [0.25, 0.3) is 0 Å². The molecule has 0 spiro atoms. The number of rotatable bonds is 3. The van der Waals surface area contributed by atoms with Gasteiger partial charge in [0, 0.05) is 12.6 Å². The lowest BCUT2D eigenvalue weighted by Gasteiger charge is -2.15. The molecule has 17 heavy (non-hydrogen) atoms. The zero-order valence-corrected chi connectivity index (χ0v) is 9.71. The quantitative estimate of drug-likeness (QED) is 0.798. The molecule has 1 unspecified atom stereocenters. The van der Waals surface area contributed by atoms with Crippen LogP contribution in [-0.4, -0.2) is 39.4 Å². The van der Waals surface area contributed by atoms with Gasteiger partial charge in [-0.3, -0.25) is 9.48 Å². The van der Waals surface area contributed by atoms with Gasteiger partial charge in [-0.2, -0.15) is 5.10 Å². The Morgan fingerprint density at radius 2 is 2.41 bits per heavy atom. The van der Waals surface area contributed by atoms with Crippen LogP contribution < -0.4 is 0 Å². The van der Waals surface area contributed by atoms with Crippen molar-refractivity contribution in [3.05, 3.63) is 17.5 Å². The van der Waals surface area contributed by atoms with Crippen molar-refractivity contribution < 1.29 is 19.4 Å².